The lowest BCUT2D eigenvalue weighted by molar-refractivity contribution is 0.0956. The standard InChI is InChI=1S/C9H8BrFINO/c10-7-3-6(4-8(11)5-7)9(14)13-2-1-12/h3-5H,1-2H2,(H,13,14). The molecule has 0 atom stereocenters. The first-order valence-corrected chi connectivity index (χ1v) is 6.25. The van der Waals surface area contributed by atoms with Crippen LogP contribution in [0.25, 0.3) is 0 Å². The van der Waals surface area contributed by atoms with Gasteiger partial charge >= 0.3 is 0 Å². The van der Waals surface area contributed by atoms with E-state index in [4.69, 9.17) is 0 Å². The highest BCUT2D eigenvalue weighted by atomic mass is 127. The van der Waals surface area contributed by atoms with E-state index >= 15 is 0 Å². The van der Waals surface area contributed by atoms with Crippen molar-refractivity contribution >= 4 is 44.4 Å². The summed E-state index contributed by atoms with van der Waals surface area (Å²) in [4.78, 5) is 11.4. The Kier molecular flexibility index (Phi) is 4.80. The molecule has 0 bridgehead atoms. The number of amides is 1. The lowest BCUT2D eigenvalue weighted by Gasteiger charge is -2.03. The number of halogens is 3. The zero-order valence-corrected chi connectivity index (χ0v) is 10.9. The van der Waals surface area contributed by atoms with Crippen molar-refractivity contribution in [2.75, 3.05) is 11.0 Å². The zero-order chi connectivity index (χ0) is 10.6. The molecule has 0 heterocycles. The fourth-order valence-electron chi connectivity index (χ4n) is 0.948. The first-order valence-electron chi connectivity index (χ1n) is 3.93. The van der Waals surface area contributed by atoms with Crippen LogP contribution in [0, 0.1) is 5.82 Å². The smallest absolute Gasteiger partial charge is 0.251 e. The molecule has 0 unspecified atom stereocenters. The third-order valence-corrected chi connectivity index (χ3v) is 2.50. The second-order valence-electron chi connectivity index (χ2n) is 2.60. The summed E-state index contributed by atoms with van der Waals surface area (Å²) in [6, 6.07) is 4.12. The van der Waals surface area contributed by atoms with Gasteiger partial charge in [-0.05, 0) is 18.2 Å². The maximum Gasteiger partial charge on any atom is 0.251 e. The molecule has 1 rings (SSSR count). The van der Waals surface area contributed by atoms with Crippen molar-refractivity contribution in [1.82, 2.24) is 5.32 Å². The molecule has 76 valence electrons. The number of carbonyl (C=O) groups is 1. The minimum atomic E-state index is -0.418. The largest absolute Gasteiger partial charge is 0.351 e. The number of benzene rings is 1. The van der Waals surface area contributed by atoms with Gasteiger partial charge in [0.1, 0.15) is 5.82 Å². The quantitative estimate of drug-likeness (QED) is 0.642. The molecule has 1 N–H and O–H groups in total. The van der Waals surface area contributed by atoms with Gasteiger partial charge in [-0.3, -0.25) is 4.79 Å². The molecule has 0 spiro atoms. The number of carbonyl (C=O) groups excluding carboxylic acids is 1. The predicted octanol–water partition coefficient (Wildman–Crippen LogP) is 2.75. The molecule has 0 aromatic heterocycles. The van der Waals surface area contributed by atoms with Crippen LogP contribution in [-0.2, 0) is 0 Å². The van der Waals surface area contributed by atoms with E-state index in [1.807, 2.05) is 0 Å². The van der Waals surface area contributed by atoms with Gasteiger partial charge < -0.3 is 5.32 Å². The Hall–Kier alpha value is -0.170. The van der Waals surface area contributed by atoms with Gasteiger partial charge in [-0.15, -0.1) is 0 Å². The van der Waals surface area contributed by atoms with Crippen LogP contribution in [0.3, 0.4) is 0 Å². The van der Waals surface area contributed by atoms with Gasteiger partial charge in [0.05, 0.1) is 0 Å². The summed E-state index contributed by atoms with van der Waals surface area (Å²) in [7, 11) is 0. The molecule has 14 heavy (non-hydrogen) atoms. The summed E-state index contributed by atoms with van der Waals surface area (Å²) < 4.78 is 14.3. The van der Waals surface area contributed by atoms with Gasteiger partial charge in [0, 0.05) is 21.0 Å². The highest BCUT2D eigenvalue weighted by Gasteiger charge is 2.06. The molecule has 1 amide bonds. The lowest BCUT2D eigenvalue weighted by Crippen LogP contribution is -2.25. The van der Waals surface area contributed by atoms with E-state index in [2.05, 4.69) is 43.8 Å². The Morgan fingerprint density at radius 3 is 2.79 bits per heavy atom. The van der Waals surface area contributed by atoms with Crippen molar-refractivity contribution < 1.29 is 9.18 Å². The number of rotatable bonds is 3. The van der Waals surface area contributed by atoms with Crippen LogP contribution in [0.2, 0.25) is 0 Å². The second kappa shape index (κ2) is 5.65. The van der Waals surface area contributed by atoms with Crippen molar-refractivity contribution in [3.63, 3.8) is 0 Å². The zero-order valence-electron chi connectivity index (χ0n) is 7.19. The third kappa shape index (κ3) is 3.53. The SMILES string of the molecule is O=C(NCCI)c1cc(F)cc(Br)c1. The Bertz CT molecular complexity index is 325. The van der Waals surface area contributed by atoms with E-state index in [9.17, 15) is 9.18 Å². The molecule has 0 fully saturated rings. The van der Waals surface area contributed by atoms with E-state index < -0.39 is 5.82 Å². The van der Waals surface area contributed by atoms with E-state index in [1.54, 1.807) is 6.07 Å². The highest BCUT2D eigenvalue weighted by molar-refractivity contribution is 14.1. The number of hydrogen-bond acceptors (Lipinski definition) is 1. The van der Waals surface area contributed by atoms with E-state index in [0.717, 1.165) is 4.43 Å². The van der Waals surface area contributed by atoms with Crippen molar-refractivity contribution in [3.05, 3.63) is 34.1 Å². The molecular formula is C9H8BrFINO. The Morgan fingerprint density at radius 1 is 1.50 bits per heavy atom. The normalized spacial score (nSPS) is 9.93. The van der Waals surface area contributed by atoms with Gasteiger partial charge in [-0.25, -0.2) is 4.39 Å². The fraction of sp³-hybridized carbons (Fsp3) is 0.222. The lowest BCUT2D eigenvalue weighted by atomic mass is 10.2. The van der Waals surface area contributed by atoms with Crippen LogP contribution in [0.5, 0.6) is 0 Å². The molecule has 1 aromatic carbocycles. The van der Waals surface area contributed by atoms with Crippen LogP contribution < -0.4 is 5.32 Å². The van der Waals surface area contributed by atoms with Crippen molar-refractivity contribution in [3.8, 4) is 0 Å². The molecule has 5 heteroatoms. The minimum Gasteiger partial charge on any atom is -0.351 e. The van der Waals surface area contributed by atoms with E-state index in [-0.39, 0.29) is 5.91 Å². The molecule has 0 aliphatic carbocycles. The van der Waals surface area contributed by atoms with Crippen molar-refractivity contribution in [1.29, 1.82) is 0 Å². The monoisotopic (exact) mass is 371 g/mol. The van der Waals surface area contributed by atoms with Crippen molar-refractivity contribution in [2.45, 2.75) is 0 Å². The summed E-state index contributed by atoms with van der Waals surface area (Å²) in [5.41, 5.74) is 0.335. The van der Waals surface area contributed by atoms with Crippen LogP contribution in [0.15, 0.2) is 22.7 Å². The summed E-state index contributed by atoms with van der Waals surface area (Å²) in [5, 5.41) is 2.67. The molecule has 1 aromatic rings. The van der Waals surface area contributed by atoms with Gasteiger partial charge in [0.2, 0.25) is 0 Å². The predicted molar refractivity (Wildman–Crippen MR) is 65.3 cm³/mol. The van der Waals surface area contributed by atoms with Crippen molar-refractivity contribution in [2.24, 2.45) is 0 Å². The van der Waals surface area contributed by atoms with Crippen LogP contribution in [-0.4, -0.2) is 16.9 Å². The fourth-order valence-corrected chi connectivity index (χ4v) is 1.68. The first kappa shape index (κ1) is 11.9. The Labute approximate surface area is 104 Å². The maximum absolute atomic E-state index is 12.9. The summed E-state index contributed by atoms with van der Waals surface area (Å²) in [6.07, 6.45) is 0. The Balaban J connectivity index is 2.79. The molecule has 0 aliphatic heterocycles. The van der Waals surface area contributed by atoms with Crippen LogP contribution in [0.1, 0.15) is 10.4 Å². The number of alkyl halides is 1. The highest BCUT2D eigenvalue weighted by Crippen LogP contribution is 2.14. The van der Waals surface area contributed by atoms with Crippen LogP contribution >= 0.6 is 38.5 Å². The molecule has 0 aliphatic rings. The summed E-state index contributed by atoms with van der Waals surface area (Å²) in [6.45, 7) is 0.591. The van der Waals surface area contributed by atoms with Gasteiger partial charge in [0.15, 0.2) is 0 Å². The number of nitrogens with one attached hydrogen (secondary N) is 1. The summed E-state index contributed by atoms with van der Waals surface area (Å²) >= 11 is 5.28. The third-order valence-electron chi connectivity index (χ3n) is 1.50. The second-order valence-corrected chi connectivity index (χ2v) is 4.60. The molecule has 2 nitrogen and oxygen atoms in total. The van der Waals surface area contributed by atoms with Crippen LogP contribution in [0.4, 0.5) is 4.39 Å². The minimum absolute atomic E-state index is 0.248. The molecular weight excluding hydrogens is 364 g/mol. The van der Waals surface area contributed by atoms with Gasteiger partial charge in [-0.1, -0.05) is 38.5 Å². The average molecular weight is 372 g/mol. The molecule has 0 saturated carbocycles. The topological polar surface area (TPSA) is 29.1 Å². The summed E-state index contributed by atoms with van der Waals surface area (Å²) in [5.74, 6) is -0.666. The average Bonchev–Trinajstić information content (AvgIpc) is 2.12. The Morgan fingerprint density at radius 2 is 2.21 bits per heavy atom. The van der Waals surface area contributed by atoms with Gasteiger partial charge in [0.25, 0.3) is 5.91 Å². The molecule has 0 radical (unpaired) electrons. The first-order chi connectivity index (χ1) is 6.63. The maximum atomic E-state index is 12.9. The van der Waals surface area contributed by atoms with E-state index in [1.165, 1.54) is 12.1 Å². The molecule has 0 saturated heterocycles. The van der Waals surface area contributed by atoms with Gasteiger partial charge in [-0.2, -0.15) is 0 Å². The number of hydrogen-bond donors (Lipinski definition) is 1. The van der Waals surface area contributed by atoms with E-state index in [0.29, 0.717) is 16.6 Å².